The molecule has 4 aromatic rings. The first kappa shape index (κ1) is 17.4. The zero-order valence-electron chi connectivity index (χ0n) is 15.3. The van der Waals surface area contributed by atoms with Gasteiger partial charge in [0.25, 0.3) is 5.56 Å². The highest BCUT2D eigenvalue weighted by Crippen LogP contribution is 2.31. The van der Waals surface area contributed by atoms with Crippen LogP contribution < -0.4 is 5.56 Å². The fourth-order valence-electron chi connectivity index (χ4n) is 4.21. The van der Waals surface area contributed by atoms with E-state index in [9.17, 15) is 4.79 Å². The van der Waals surface area contributed by atoms with Crippen LogP contribution in [-0.4, -0.2) is 37.9 Å². The Morgan fingerprint density at radius 2 is 2.18 bits per heavy atom. The molecule has 28 heavy (non-hydrogen) atoms. The van der Waals surface area contributed by atoms with E-state index in [0.717, 1.165) is 31.6 Å². The predicted octanol–water partition coefficient (Wildman–Crippen LogP) is 3.83. The Morgan fingerprint density at radius 3 is 3.11 bits per heavy atom. The first-order valence-electron chi connectivity index (χ1n) is 9.50. The molecule has 0 aliphatic carbocycles. The number of aromatic amines is 2. The number of halogens is 1. The van der Waals surface area contributed by atoms with Crippen molar-refractivity contribution >= 4 is 33.5 Å². The van der Waals surface area contributed by atoms with Gasteiger partial charge in [0.1, 0.15) is 11.5 Å². The van der Waals surface area contributed by atoms with Crippen LogP contribution >= 0.6 is 11.6 Å². The normalized spacial score (nSPS) is 18.1. The maximum atomic E-state index is 12.4. The molecule has 1 aromatic carbocycles. The number of hydrogen-bond donors (Lipinski definition) is 2. The molecule has 0 amide bonds. The summed E-state index contributed by atoms with van der Waals surface area (Å²) in [6.07, 6.45) is 6.17. The van der Waals surface area contributed by atoms with E-state index >= 15 is 0 Å². The number of nitrogens with zero attached hydrogens (tertiary/aromatic N) is 3. The van der Waals surface area contributed by atoms with E-state index in [0.29, 0.717) is 34.2 Å². The van der Waals surface area contributed by atoms with E-state index < -0.39 is 0 Å². The van der Waals surface area contributed by atoms with Crippen molar-refractivity contribution in [1.82, 2.24) is 24.8 Å². The molecule has 0 saturated carbocycles. The van der Waals surface area contributed by atoms with Crippen LogP contribution in [0, 0.1) is 0 Å². The van der Waals surface area contributed by atoms with Crippen molar-refractivity contribution in [1.29, 1.82) is 0 Å². The summed E-state index contributed by atoms with van der Waals surface area (Å²) in [5, 5.41) is 2.27. The van der Waals surface area contributed by atoms with Gasteiger partial charge in [0.05, 0.1) is 17.4 Å². The molecule has 1 atom stereocenters. The van der Waals surface area contributed by atoms with Gasteiger partial charge in [-0.05, 0) is 61.2 Å². The molecule has 1 fully saturated rings. The monoisotopic (exact) mass is 393 g/mol. The molecule has 0 bridgehead atoms. The molecule has 142 valence electrons. The minimum atomic E-state index is -0.140. The number of hydrogen-bond acceptors (Lipinski definition) is 4. The maximum absolute atomic E-state index is 12.4. The lowest BCUT2D eigenvalue weighted by Crippen LogP contribution is -2.34. The molecule has 2 N–H and O–H groups in total. The predicted molar refractivity (Wildman–Crippen MR) is 111 cm³/mol. The number of pyridine rings is 1. The van der Waals surface area contributed by atoms with Gasteiger partial charge in [-0.15, -0.1) is 0 Å². The zero-order valence-corrected chi connectivity index (χ0v) is 16.0. The smallest absolute Gasteiger partial charge is 0.258 e. The molecule has 1 saturated heterocycles. The molecular formula is C21H20ClN5O. The molecule has 0 radical (unpaired) electrons. The van der Waals surface area contributed by atoms with Crippen LogP contribution in [0.1, 0.15) is 30.1 Å². The highest BCUT2D eigenvalue weighted by Gasteiger charge is 2.24. The fourth-order valence-corrected chi connectivity index (χ4v) is 4.39. The van der Waals surface area contributed by atoms with Gasteiger partial charge >= 0.3 is 0 Å². The Balaban J connectivity index is 1.39. The van der Waals surface area contributed by atoms with E-state index in [1.807, 2.05) is 12.3 Å². The summed E-state index contributed by atoms with van der Waals surface area (Å²) in [6.45, 7) is 2.56. The molecule has 5 rings (SSSR count). The second-order valence-corrected chi connectivity index (χ2v) is 7.83. The first-order valence-corrected chi connectivity index (χ1v) is 9.88. The second kappa shape index (κ2) is 7.04. The van der Waals surface area contributed by atoms with E-state index in [1.165, 1.54) is 10.9 Å². The summed E-state index contributed by atoms with van der Waals surface area (Å²) in [4.78, 5) is 30.0. The molecular weight excluding hydrogens is 374 g/mol. The summed E-state index contributed by atoms with van der Waals surface area (Å²) in [5.41, 5.74) is 2.80. The first-order chi connectivity index (χ1) is 13.7. The van der Waals surface area contributed by atoms with Gasteiger partial charge in [0.15, 0.2) is 0 Å². The number of rotatable bonds is 3. The third kappa shape index (κ3) is 3.19. The minimum Gasteiger partial charge on any atom is -0.346 e. The van der Waals surface area contributed by atoms with Crippen LogP contribution in [0.15, 0.2) is 47.5 Å². The fraction of sp³-hybridized carbons (Fsp3) is 0.286. The Labute approximate surface area is 166 Å². The summed E-state index contributed by atoms with van der Waals surface area (Å²) < 4.78 is 0. The van der Waals surface area contributed by atoms with Crippen LogP contribution in [0.2, 0.25) is 5.02 Å². The van der Waals surface area contributed by atoms with Crippen LogP contribution in [0.5, 0.6) is 0 Å². The van der Waals surface area contributed by atoms with Crippen molar-refractivity contribution in [2.24, 2.45) is 0 Å². The Kier molecular flexibility index (Phi) is 4.37. The molecule has 0 spiro atoms. The molecule has 1 aliphatic heterocycles. The third-order valence-electron chi connectivity index (χ3n) is 5.52. The zero-order chi connectivity index (χ0) is 19.1. The summed E-state index contributed by atoms with van der Waals surface area (Å²) in [6, 6.07) is 9.34. The molecule has 0 unspecified atom stereocenters. The Morgan fingerprint density at radius 1 is 1.25 bits per heavy atom. The standard InChI is InChI=1S/C21H20ClN5O/c22-14-5-6-18-16(9-14)21(28)26-19(25-18)12-27-8-2-3-13(11-27)17-10-24-20-15(17)4-1-7-23-20/h1,4-7,9-10,13H,2-3,8,11-12H2,(H,23,24)(H,25,26,28)/t13-/m0/s1. The van der Waals surface area contributed by atoms with Crippen molar-refractivity contribution in [2.45, 2.75) is 25.3 Å². The average molecular weight is 394 g/mol. The van der Waals surface area contributed by atoms with E-state index in [4.69, 9.17) is 11.6 Å². The van der Waals surface area contributed by atoms with Crippen molar-refractivity contribution in [3.8, 4) is 0 Å². The molecule has 3 aromatic heterocycles. The third-order valence-corrected chi connectivity index (χ3v) is 5.75. The minimum absolute atomic E-state index is 0.140. The van der Waals surface area contributed by atoms with Crippen molar-refractivity contribution < 1.29 is 0 Å². The lowest BCUT2D eigenvalue weighted by atomic mass is 9.90. The molecule has 4 heterocycles. The summed E-state index contributed by atoms with van der Waals surface area (Å²) in [5.74, 6) is 1.14. The number of nitrogens with one attached hydrogen (secondary N) is 2. The lowest BCUT2D eigenvalue weighted by molar-refractivity contribution is 0.196. The number of benzene rings is 1. The van der Waals surface area contributed by atoms with Gasteiger partial charge in [0.2, 0.25) is 0 Å². The van der Waals surface area contributed by atoms with Crippen LogP contribution in [0.4, 0.5) is 0 Å². The quantitative estimate of drug-likeness (QED) is 0.554. The van der Waals surface area contributed by atoms with Gasteiger partial charge in [-0.25, -0.2) is 9.97 Å². The summed E-state index contributed by atoms with van der Waals surface area (Å²) >= 11 is 6.00. The number of fused-ring (bicyclic) bond motifs is 2. The van der Waals surface area contributed by atoms with E-state index in [-0.39, 0.29) is 5.56 Å². The molecule has 1 aliphatic rings. The largest absolute Gasteiger partial charge is 0.346 e. The SMILES string of the molecule is O=c1[nH]c(CN2CCC[C@H](c3c[nH]c4ncccc34)C2)nc2ccc(Cl)cc12. The molecule has 7 heteroatoms. The van der Waals surface area contributed by atoms with Crippen LogP contribution in [-0.2, 0) is 6.54 Å². The molecule has 6 nitrogen and oxygen atoms in total. The van der Waals surface area contributed by atoms with Gasteiger partial charge in [-0.2, -0.15) is 0 Å². The Hall–Kier alpha value is -2.70. The van der Waals surface area contributed by atoms with Crippen molar-refractivity contribution in [3.05, 3.63) is 69.5 Å². The lowest BCUT2D eigenvalue weighted by Gasteiger charge is -2.32. The summed E-state index contributed by atoms with van der Waals surface area (Å²) in [7, 11) is 0. The highest BCUT2D eigenvalue weighted by atomic mass is 35.5. The Bertz CT molecular complexity index is 1210. The van der Waals surface area contributed by atoms with Crippen LogP contribution in [0.25, 0.3) is 21.9 Å². The maximum Gasteiger partial charge on any atom is 0.258 e. The van der Waals surface area contributed by atoms with Gasteiger partial charge in [-0.3, -0.25) is 9.69 Å². The van der Waals surface area contributed by atoms with Crippen molar-refractivity contribution in [2.75, 3.05) is 13.1 Å². The number of likely N-dealkylation sites (tertiary alicyclic amines) is 1. The average Bonchev–Trinajstić information content (AvgIpc) is 3.13. The van der Waals surface area contributed by atoms with Gasteiger partial charge in [-0.1, -0.05) is 11.6 Å². The van der Waals surface area contributed by atoms with E-state index in [1.54, 1.807) is 18.2 Å². The van der Waals surface area contributed by atoms with E-state index in [2.05, 4.69) is 37.1 Å². The topological polar surface area (TPSA) is 77.7 Å². The number of aromatic nitrogens is 4. The van der Waals surface area contributed by atoms with Gasteiger partial charge < -0.3 is 9.97 Å². The highest BCUT2D eigenvalue weighted by molar-refractivity contribution is 6.31. The number of piperidine rings is 1. The van der Waals surface area contributed by atoms with Gasteiger partial charge in [0, 0.05) is 29.3 Å². The van der Waals surface area contributed by atoms with Crippen LogP contribution in [0.3, 0.4) is 0 Å². The second-order valence-electron chi connectivity index (χ2n) is 7.39. The number of H-pyrrole nitrogens is 2. The van der Waals surface area contributed by atoms with Crippen molar-refractivity contribution in [3.63, 3.8) is 0 Å².